The molecule has 5 rings (SSSR count). The number of nitrogens with zero attached hydrogens (tertiary/aromatic N) is 3. The van der Waals surface area contributed by atoms with Crippen LogP contribution in [0.3, 0.4) is 0 Å². The summed E-state index contributed by atoms with van der Waals surface area (Å²) >= 11 is 0. The number of imide groups is 1. The molecular formula is C24H32N6O5. The van der Waals surface area contributed by atoms with Crippen molar-refractivity contribution in [1.82, 2.24) is 30.0 Å². The molecule has 4 N–H and O–H groups in total. The fraction of sp³-hybridized carbons (Fsp3) is 0.583. The molecule has 0 radical (unpaired) electrons. The molecule has 35 heavy (non-hydrogen) atoms. The van der Waals surface area contributed by atoms with Gasteiger partial charge >= 0.3 is 11.8 Å². The van der Waals surface area contributed by atoms with Gasteiger partial charge in [-0.1, -0.05) is 6.07 Å². The Hall–Kier alpha value is -3.18. The zero-order valence-electron chi connectivity index (χ0n) is 19.9. The molecule has 11 nitrogen and oxygen atoms in total. The number of fused-ring (bicyclic) bond motifs is 1. The van der Waals surface area contributed by atoms with Crippen molar-refractivity contribution in [1.29, 1.82) is 0 Å². The summed E-state index contributed by atoms with van der Waals surface area (Å²) in [7, 11) is 1.70. The minimum absolute atomic E-state index is 0.172. The van der Waals surface area contributed by atoms with E-state index >= 15 is 0 Å². The largest absolute Gasteiger partial charge is 0.465 e. The van der Waals surface area contributed by atoms with Crippen molar-refractivity contribution in [3.63, 3.8) is 0 Å². The van der Waals surface area contributed by atoms with Crippen molar-refractivity contribution >= 4 is 28.9 Å². The molecule has 188 valence electrons. The van der Waals surface area contributed by atoms with Crippen molar-refractivity contribution in [3.05, 3.63) is 33.7 Å². The third-order valence-electron chi connectivity index (χ3n) is 7.83. The van der Waals surface area contributed by atoms with Gasteiger partial charge in [-0.3, -0.25) is 24.4 Å². The van der Waals surface area contributed by atoms with E-state index in [0.29, 0.717) is 43.0 Å². The van der Waals surface area contributed by atoms with Gasteiger partial charge in [0.15, 0.2) is 0 Å². The van der Waals surface area contributed by atoms with Crippen molar-refractivity contribution in [3.8, 4) is 0 Å². The Morgan fingerprint density at radius 2 is 1.89 bits per heavy atom. The summed E-state index contributed by atoms with van der Waals surface area (Å²) in [5.41, 5.74) is 2.98. The van der Waals surface area contributed by atoms with E-state index < -0.39 is 12.0 Å². The van der Waals surface area contributed by atoms with E-state index in [1.54, 1.807) is 11.6 Å². The molecular weight excluding hydrogens is 452 g/mol. The second-order valence-electron chi connectivity index (χ2n) is 9.83. The van der Waals surface area contributed by atoms with E-state index in [4.69, 9.17) is 0 Å². The first kappa shape index (κ1) is 23.6. The number of piperazine rings is 1. The Morgan fingerprint density at radius 3 is 2.60 bits per heavy atom. The number of hydrogen-bond donors (Lipinski definition) is 4. The minimum atomic E-state index is -0.861. The summed E-state index contributed by atoms with van der Waals surface area (Å²) < 4.78 is 1.55. The van der Waals surface area contributed by atoms with Crippen molar-refractivity contribution in [2.75, 3.05) is 32.7 Å². The number of rotatable bonds is 4. The van der Waals surface area contributed by atoms with Gasteiger partial charge in [0.25, 0.3) is 0 Å². The van der Waals surface area contributed by atoms with Crippen LogP contribution in [0.1, 0.15) is 42.7 Å². The first-order chi connectivity index (χ1) is 16.8. The van der Waals surface area contributed by atoms with Gasteiger partial charge in [0.1, 0.15) is 0 Å². The van der Waals surface area contributed by atoms with Gasteiger partial charge in [0.05, 0.1) is 17.0 Å². The van der Waals surface area contributed by atoms with Gasteiger partial charge in [0, 0.05) is 58.3 Å². The number of imidazole rings is 1. The molecule has 3 aliphatic rings. The second kappa shape index (κ2) is 9.46. The van der Waals surface area contributed by atoms with Gasteiger partial charge in [-0.15, -0.1) is 0 Å². The average Bonchev–Trinajstić information content (AvgIpc) is 3.13. The number of amides is 3. The zero-order chi connectivity index (χ0) is 24.7. The van der Waals surface area contributed by atoms with Crippen LogP contribution in [0.5, 0.6) is 0 Å². The highest BCUT2D eigenvalue weighted by molar-refractivity contribution is 6.02. The second-order valence-corrected chi connectivity index (χ2v) is 9.83. The molecule has 2 aromatic rings. The Bertz CT molecular complexity index is 1210. The number of carboxylic acid groups (broad SMARTS) is 1. The maximum Gasteiger partial charge on any atom is 0.407 e. The molecule has 3 aliphatic heterocycles. The van der Waals surface area contributed by atoms with Crippen LogP contribution < -0.4 is 16.3 Å². The molecule has 4 heterocycles. The first-order valence-electron chi connectivity index (χ1n) is 12.3. The van der Waals surface area contributed by atoms with E-state index in [0.717, 1.165) is 43.6 Å². The number of carbonyl (C=O) groups is 3. The van der Waals surface area contributed by atoms with Gasteiger partial charge in [-0.05, 0) is 42.9 Å². The predicted octanol–water partition coefficient (Wildman–Crippen LogP) is 0.346. The molecule has 1 aromatic heterocycles. The lowest BCUT2D eigenvalue weighted by atomic mass is 9.84. The van der Waals surface area contributed by atoms with Gasteiger partial charge in [-0.25, -0.2) is 9.59 Å². The van der Waals surface area contributed by atoms with Crippen LogP contribution >= 0.6 is 0 Å². The number of carbonyl (C=O) groups excluding carboxylic acids is 2. The van der Waals surface area contributed by atoms with Crippen molar-refractivity contribution in [2.24, 2.45) is 7.05 Å². The van der Waals surface area contributed by atoms with Crippen molar-refractivity contribution < 1.29 is 19.5 Å². The molecule has 1 aromatic carbocycles. The summed E-state index contributed by atoms with van der Waals surface area (Å²) in [6, 6.07) is 4.37. The van der Waals surface area contributed by atoms with Crippen LogP contribution in [0.25, 0.3) is 11.0 Å². The summed E-state index contributed by atoms with van der Waals surface area (Å²) in [5, 5.41) is 15.3. The van der Waals surface area contributed by atoms with Gasteiger partial charge in [-0.2, -0.15) is 0 Å². The molecule has 0 aliphatic carbocycles. The molecule has 0 saturated carbocycles. The van der Waals surface area contributed by atoms with Crippen LogP contribution in [-0.4, -0.2) is 87.2 Å². The van der Waals surface area contributed by atoms with Gasteiger partial charge in [0.2, 0.25) is 11.8 Å². The lowest BCUT2D eigenvalue weighted by Crippen LogP contribution is -2.58. The maximum atomic E-state index is 12.9. The fourth-order valence-corrected chi connectivity index (χ4v) is 6.04. The fourth-order valence-electron chi connectivity index (χ4n) is 6.04. The number of aryl methyl sites for hydroxylation is 1. The normalized spacial score (nSPS) is 24.7. The van der Waals surface area contributed by atoms with Crippen LogP contribution in [-0.2, 0) is 23.1 Å². The average molecular weight is 485 g/mol. The molecule has 0 bridgehead atoms. The van der Waals surface area contributed by atoms with Crippen LogP contribution in [0.2, 0.25) is 0 Å². The zero-order valence-corrected chi connectivity index (χ0v) is 19.9. The lowest BCUT2D eigenvalue weighted by Gasteiger charge is -2.44. The maximum absolute atomic E-state index is 12.9. The molecule has 3 fully saturated rings. The van der Waals surface area contributed by atoms with E-state index in [9.17, 15) is 24.3 Å². The number of piperidine rings is 2. The highest BCUT2D eigenvalue weighted by Gasteiger charge is 2.36. The highest BCUT2D eigenvalue weighted by atomic mass is 16.4. The number of H-pyrrole nitrogens is 1. The molecule has 2 unspecified atom stereocenters. The molecule has 3 saturated heterocycles. The lowest BCUT2D eigenvalue weighted by molar-refractivity contribution is -0.134. The highest BCUT2D eigenvalue weighted by Crippen LogP contribution is 2.34. The third-order valence-corrected chi connectivity index (χ3v) is 7.83. The number of aromatic nitrogens is 2. The van der Waals surface area contributed by atoms with E-state index in [1.807, 2.05) is 12.1 Å². The number of likely N-dealkylation sites (tertiary alicyclic amines) is 1. The first-order valence-corrected chi connectivity index (χ1v) is 12.3. The predicted molar refractivity (Wildman–Crippen MR) is 128 cm³/mol. The van der Waals surface area contributed by atoms with E-state index in [-0.39, 0.29) is 30.0 Å². The quantitative estimate of drug-likeness (QED) is 0.459. The summed E-state index contributed by atoms with van der Waals surface area (Å²) in [5.74, 6) is -1.08. The Labute approximate surface area is 202 Å². The van der Waals surface area contributed by atoms with Gasteiger partial charge < -0.3 is 20.3 Å². The third kappa shape index (κ3) is 4.45. The minimum Gasteiger partial charge on any atom is -0.465 e. The summed E-state index contributed by atoms with van der Waals surface area (Å²) in [4.78, 5) is 55.3. The smallest absolute Gasteiger partial charge is 0.407 e. The summed E-state index contributed by atoms with van der Waals surface area (Å²) in [6.07, 6.45) is 2.11. The van der Waals surface area contributed by atoms with Crippen molar-refractivity contribution in [2.45, 2.75) is 50.1 Å². The molecule has 11 heteroatoms. The Balaban J connectivity index is 1.47. The van der Waals surface area contributed by atoms with Crippen LogP contribution in [0.15, 0.2) is 16.9 Å². The summed E-state index contributed by atoms with van der Waals surface area (Å²) in [6.45, 7) is 3.62. The number of aromatic amines is 1. The Morgan fingerprint density at radius 1 is 1.11 bits per heavy atom. The number of hydrogen-bond acceptors (Lipinski definition) is 6. The number of benzene rings is 1. The topological polar surface area (TPSA) is 140 Å². The molecule has 0 spiro atoms. The Kier molecular flexibility index (Phi) is 6.37. The molecule has 3 amide bonds. The van der Waals surface area contributed by atoms with Crippen LogP contribution in [0, 0.1) is 0 Å². The van der Waals surface area contributed by atoms with E-state index in [1.165, 1.54) is 4.90 Å². The standard InChI is InChI=1S/C24H32N6O5/c1-28-21-18(26-23(28)33)4-2-14(20(21)17-3-5-19(31)27-22(17)32)12-16-13-25-8-11-30(16)15-6-9-29(10-7-15)24(34)35/h2,4,15-17,25H,3,5-13H2,1H3,(H,26,33)(H,34,35)(H,27,31,32). The number of nitrogens with one attached hydrogen (secondary N) is 3. The SMILES string of the molecule is Cn1c(=O)[nH]c2ccc(CC3CNCCN3C3CCN(C(=O)O)CC3)c(C3CCC(=O)NC3=O)c21. The monoisotopic (exact) mass is 484 g/mol. The van der Waals surface area contributed by atoms with Crippen LogP contribution in [0.4, 0.5) is 4.79 Å². The molecule has 2 atom stereocenters. The van der Waals surface area contributed by atoms with E-state index in [2.05, 4.69) is 20.5 Å².